The molecule has 1 heterocycles. The number of nitrogens with one attached hydrogen (secondary N) is 1. The molecule has 1 aromatic heterocycles. The Hall–Kier alpha value is -3.40. The number of rotatable bonds is 5. The third kappa shape index (κ3) is 5.11. The van der Waals surface area contributed by atoms with E-state index in [1.54, 1.807) is 12.1 Å². The van der Waals surface area contributed by atoms with Gasteiger partial charge in [0.05, 0.1) is 22.5 Å². The monoisotopic (exact) mass is 424 g/mol. The van der Waals surface area contributed by atoms with Gasteiger partial charge in [0.2, 0.25) is 0 Å². The molecule has 1 amide bonds. The highest BCUT2D eigenvalue weighted by Gasteiger charge is 2.31. The molecule has 0 radical (unpaired) electrons. The summed E-state index contributed by atoms with van der Waals surface area (Å²) in [6.07, 6.45) is -1.89. The van der Waals surface area contributed by atoms with E-state index >= 15 is 0 Å². The van der Waals surface area contributed by atoms with E-state index in [4.69, 9.17) is 16.3 Å². The Morgan fingerprint density at radius 3 is 2.66 bits per heavy atom. The molecule has 11 heteroatoms. The van der Waals surface area contributed by atoms with E-state index in [0.29, 0.717) is 16.8 Å². The van der Waals surface area contributed by atoms with Crippen LogP contribution in [0.4, 0.5) is 18.9 Å². The normalized spacial score (nSPS) is 11.2. The zero-order valence-corrected chi connectivity index (χ0v) is 15.2. The maximum Gasteiger partial charge on any atom is 0.416 e. The molecular formula is C18H12ClF3N4O3. The van der Waals surface area contributed by atoms with Gasteiger partial charge in [-0.1, -0.05) is 17.7 Å². The first kappa shape index (κ1) is 20.3. The van der Waals surface area contributed by atoms with Crippen LogP contribution in [-0.4, -0.2) is 33.2 Å². The van der Waals surface area contributed by atoms with E-state index in [2.05, 4.69) is 15.4 Å². The highest BCUT2D eigenvalue weighted by molar-refractivity contribution is 6.31. The molecule has 0 saturated heterocycles. The lowest BCUT2D eigenvalue weighted by molar-refractivity contribution is -0.137. The number of amides is 1. The average Bonchev–Trinajstić information content (AvgIpc) is 3.20. The molecule has 0 spiro atoms. The number of carbonyl (C=O) groups excluding carboxylic acids is 2. The molecule has 7 nitrogen and oxygen atoms in total. The quantitative estimate of drug-likeness (QED) is 0.631. The first-order valence-corrected chi connectivity index (χ1v) is 8.40. The molecule has 0 aliphatic carbocycles. The van der Waals surface area contributed by atoms with Crippen molar-refractivity contribution in [3.63, 3.8) is 0 Å². The SMILES string of the molecule is O=C(COC(=O)c1cccc(C(F)(F)F)c1)Nc1cc(Cl)ccc1-n1cncn1. The Balaban J connectivity index is 1.67. The second-order valence-corrected chi connectivity index (χ2v) is 6.14. The lowest BCUT2D eigenvalue weighted by atomic mass is 10.1. The first-order chi connectivity index (χ1) is 13.7. The average molecular weight is 425 g/mol. The van der Waals surface area contributed by atoms with Gasteiger partial charge in [0.1, 0.15) is 12.7 Å². The second-order valence-electron chi connectivity index (χ2n) is 5.70. The fourth-order valence-corrected chi connectivity index (χ4v) is 2.54. The van der Waals surface area contributed by atoms with E-state index in [1.807, 2.05) is 0 Å². The van der Waals surface area contributed by atoms with Crippen molar-refractivity contribution in [2.45, 2.75) is 6.18 Å². The molecule has 0 aliphatic rings. The predicted molar refractivity (Wildman–Crippen MR) is 96.7 cm³/mol. The minimum absolute atomic E-state index is 0.281. The van der Waals surface area contributed by atoms with Crippen LogP contribution in [-0.2, 0) is 15.7 Å². The van der Waals surface area contributed by atoms with Gasteiger partial charge < -0.3 is 10.1 Å². The molecular weight excluding hydrogens is 413 g/mol. The molecule has 1 N–H and O–H groups in total. The van der Waals surface area contributed by atoms with Crippen molar-refractivity contribution in [3.05, 3.63) is 71.3 Å². The van der Waals surface area contributed by atoms with Crippen molar-refractivity contribution < 1.29 is 27.5 Å². The zero-order valence-electron chi connectivity index (χ0n) is 14.5. The molecule has 29 heavy (non-hydrogen) atoms. The molecule has 0 saturated carbocycles. The van der Waals surface area contributed by atoms with Crippen LogP contribution in [0.5, 0.6) is 0 Å². The van der Waals surface area contributed by atoms with Crippen LogP contribution in [0.2, 0.25) is 5.02 Å². The van der Waals surface area contributed by atoms with E-state index in [-0.39, 0.29) is 11.3 Å². The van der Waals surface area contributed by atoms with Gasteiger partial charge in [-0.2, -0.15) is 18.3 Å². The molecule has 2 aromatic carbocycles. The molecule has 0 fully saturated rings. The lowest BCUT2D eigenvalue weighted by Crippen LogP contribution is -2.22. The molecule has 0 aliphatic heterocycles. The van der Waals surface area contributed by atoms with Crippen molar-refractivity contribution in [3.8, 4) is 5.69 Å². The van der Waals surface area contributed by atoms with Gasteiger partial charge >= 0.3 is 12.1 Å². The number of aromatic nitrogens is 3. The Morgan fingerprint density at radius 2 is 1.97 bits per heavy atom. The number of halogens is 4. The summed E-state index contributed by atoms with van der Waals surface area (Å²) in [5, 5.41) is 6.81. The molecule has 3 aromatic rings. The van der Waals surface area contributed by atoms with E-state index < -0.39 is 30.2 Å². The summed E-state index contributed by atoms with van der Waals surface area (Å²) < 4.78 is 44.4. The minimum atomic E-state index is -4.60. The molecule has 0 bridgehead atoms. The fourth-order valence-electron chi connectivity index (χ4n) is 2.36. The van der Waals surface area contributed by atoms with Gasteiger partial charge in [-0.05, 0) is 36.4 Å². The number of esters is 1. The van der Waals surface area contributed by atoms with E-state index in [1.165, 1.54) is 23.4 Å². The summed E-state index contributed by atoms with van der Waals surface area (Å²) in [5.41, 5.74) is -0.570. The van der Waals surface area contributed by atoms with Crippen LogP contribution < -0.4 is 5.32 Å². The standard InChI is InChI=1S/C18H12ClF3N4O3/c19-13-4-5-15(26-10-23-9-24-26)14(7-13)25-16(27)8-29-17(28)11-2-1-3-12(6-11)18(20,21)22/h1-7,9-10H,8H2,(H,25,27). The zero-order chi connectivity index (χ0) is 21.0. The summed E-state index contributed by atoms with van der Waals surface area (Å²) in [6, 6.07) is 8.37. The summed E-state index contributed by atoms with van der Waals surface area (Å²) >= 11 is 5.95. The Morgan fingerprint density at radius 1 is 1.17 bits per heavy atom. The largest absolute Gasteiger partial charge is 0.452 e. The van der Waals surface area contributed by atoms with Crippen LogP contribution >= 0.6 is 11.6 Å². The number of ether oxygens (including phenoxy) is 1. The van der Waals surface area contributed by atoms with Crippen LogP contribution in [0.3, 0.4) is 0 Å². The van der Waals surface area contributed by atoms with Crippen LogP contribution in [0.1, 0.15) is 15.9 Å². The maximum absolute atomic E-state index is 12.7. The van der Waals surface area contributed by atoms with Crippen molar-refractivity contribution in [2.24, 2.45) is 0 Å². The number of hydrogen-bond acceptors (Lipinski definition) is 5. The molecule has 3 rings (SSSR count). The maximum atomic E-state index is 12.7. The third-order valence-electron chi connectivity index (χ3n) is 3.66. The topological polar surface area (TPSA) is 86.1 Å². The second kappa shape index (κ2) is 8.31. The molecule has 0 unspecified atom stereocenters. The van der Waals surface area contributed by atoms with E-state index in [0.717, 1.165) is 18.2 Å². The number of nitrogens with zero attached hydrogens (tertiary/aromatic N) is 3. The fraction of sp³-hybridized carbons (Fsp3) is 0.111. The van der Waals surface area contributed by atoms with Crippen molar-refractivity contribution in [1.29, 1.82) is 0 Å². The van der Waals surface area contributed by atoms with Gasteiger partial charge in [0.25, 0.3) is 5.91 Å². The van der Waals surface area contributed by atoms with Gasteiger partial charge in [0.15, 0.2) is 6.61 Å². The smallest absolute Gasteiger partial charge is 0.416 e. The van der Waals surface area contributed by atoms with Crippen molar-refractivity contribution in [2.75, 3.05) is 11.9 Å². The summed E-state index contributed by atoms with van der Waals surface area (Å²) in [6.45, 7) is -0.710. The first-order valence-electron chi connectivity index (χ1n) is 8.03. The number of hydrogen-bond donors (Lipinski definition) is 1. The molecule has 150 valence electrons. The highest BCUT2D eigenvalue weighted by atomic mass is 35.5. The summed E-state index contributed by atoms with van der Waals surface area (Å²) in [4.78, 5) is 27.9. The molecule has 0 atom stereocenters. The van der Waals surface area contributed by atoms with Gasteiger partial charge in [-0.25, -0.2) is 14.5 Å². The highest BCUT2D eigenvalue weighted by Crippen LogP contribution is 2.29. The van der Waals surface area contributed by atoms with Crippen LogP contribution in [0, 0.1) is 0 Å². The van der Waals surface area contributed by atoms with Crippen molar-refractivity contribution >= 4 is 29.2 Å². The minimum Gasteiger partial charge on any atom is -0.452 e. The third-order valence-corrected chi connectivity index (χ3v) is 3.89. The van der Waals surface area contributed by atoms with Gasteiger partial charge in [0, 0.05) is 5.02 Å². The van der Waals surface area contributed by atoms with E-state index in [9.17, 15) is 22.8 Å². The van der Waals surface area contributed by atoms with Gasteiger partial charge in [-0.15, -0.1) is 0 Å². The number of alkyl halides is 3. The summed E-state index contributed by atoms with van der Waals surface area (Å²) in [7, 11) is 0. The Kier molecular flexibility index (Phi) is 5.83. The van der Waals surface area contributed by atoms with Crippen LogP contribution in [0.15, 0.2) is 55.1 Å². The van der Waals surface area contributed by atoms with Gasteiger partial charge in [-0.3, -0.25) is 4.79 Å². The number of carbonyl (C=O) groups is 2. The Bertz CT molecular complexity index is 1040. The van der Waals surface area contributed by atoms with Crippen LogP contribution in [0.25, 0.3) is 5.69 Å². The predicted octanol–water partition coefficient (Wildman–Crippen LogP) is 3.74. The number of anilines is 1. The lowest BCUT2D eigenvalue weighted by Gasteiger charge is -2.12. The van der Waals surface area contributed by atoms with Crippen molar-refractivity contribution in [1.82, 2.24) is 14.8 Å². The number of benzene rings is 2. The summed E-state index contributed by atoms with van der Waals surface area (Å²) in [5.74, 6) is -1.78. The Labute approximate surface area is 167 Å².